The molecule has 0 heterocycles. The normalized spacial score (nSPS) is 21.2. The van der Waals surface area contributed by atoms with Crippen LogP contribution in [0.3, 0.4) is 0 Å². The third kappa shape index (κ3) is 4.01. The molecule has 0 unspecified atom stereocenters. The Labute approximate surface area is 98.4 Å². The second-order valence-corrected chi connectivity index (χ2v) is 4.81. The highest BCUT2D eigenvalue weighted by Crippen LogP contribution is 2.28. The zero-order valence-corrected chi connectivity index (χ0v) is 10.3. The molecule has 0 saturated heterocycles. The quantitative estimate of drug-likeness (QED) is 0.451. The van der Waals surface area contributed by atoms with Crippen molar-refractivity contribution in [3.63, 3.8) is 0 Å². The average molecular weight is 230 g/mol. The number of aliphatic hydroxyl groups is 2. The Morgan fingerprint density at radius 2 is 1.88 bits per heavy atom. The average Bonchev–Trinajstić information content (AvgIpc) is 2.79. The van der Waals surface area contributed by atoms with E-state index in [0.717, 1.165) is 32.4 Å². The van der Waals surface area contributed by atoms with Crippen molar-refractivity contribution < 1.29 is 10.2 Å². The first kappa shape index (κ1) is 13.9. The van der Waals surface area contributed by atoms with Crippen LogP contribution in [0.2, 0.25) is 0 Å². The van der Waals surface area contributed by atoms with Crippen molar-refractivity contribution in [2.75, 3.05) is 26.3 Å². The van der Waals surface area contributed by atoms with E-state index in [-0.39, 0.29) is 24.8 Å². The van der Waals surface area contributed by atoms with Gasteiger partial charge in [-0.15, -0.1) is 0 Å². The Morgan fingerprint density at radius 3 is 2.38 bits per heavy atom. The summed E-state index contributed by atoms with van der Waals surface area (Å²) >= 11 is 0. The monoisotopic (exact) mass is 230 g/mol. The molecule has 4 heteroatoms. The molecule has 1 saturated carbocycles. The Balaban J connectivity index is 2.14. The first-order valence-corrected chi connectivity index (χ1v) is 6.46. The molecule has 0 aromatic rings. The minimum Gasteiger partial charge on any atom is -0.395 e. The van der Waals surface area contributed by atoms with Gasteiger partial charge in [-0.05, 0) is 19.3 Å². The topological polar surface area (TPSA) is 64.5 Å². The van der Waals surface area contributed by atoms with Gasteiger partial charge in [-0.1, -0.05) is 19.8 Å². The van der Waals surface area contributed by atoms with Crippen molar-refractivity contribution in [2.45, 2.75) is 50.6 Å². The fraction of sp³-hybridized carbons (Fsp3) is 1.00. The Morgan fingerprint density at radius 1 is 1.19 bits per heavy atom. The fourth-order valence-electron chi connectivity index (χ4n) is 2.38. The van der Waals surface area contributed by atoms with Gasteiger partial charge in [0.1, 0.15) is 0 Å². The van der Waals surface area contributed by atoms with E-state index in [4.69, 9.17) is 5.11 Å². The SMILES string of the molecule is CC[C@@H](CO)NCCNC1(CO)CCCC1. The molecular weight excluding hydrogens is 204 g/mol. The summed E-state index contributed by atoms with van der Waals surface area (Å²) in [5.74, 6) is 0. The van der Waals surface area contributed by atoms with Crippen molar-refractivity contribution in [2.24, 2.45) is 0 Å². The molecule has 4 N–H and O–H groups in total. The van der Waals surface area contributed by atoms with Gasteiger partial charge in [-0.2, -0.15) is 0 Å². The van der Waals surface area contributed by atoms with Crippen molar-refractivity contribution in [3.8, 4) is 0 Å². The molecule has 0 aromatic heterocycles. The van der Waals surface area contributed by atoms with Crippen LogP contribution in [0, 0.1) is 0 Å². The summed E-state index contributed by atoms with van der Waals surface area (Å²) in [7, 11) is 0. The summed E-state index contributed by atoms with van der Waals surface area (Å²) in [5.41, 5.74) is -0.0252. The van der Waals surface area contributed by atoms with Crippen molar-refractivity contribution in [3.05, 3.63) is 0 Å². The predicted octanol–water partition coefficient (Wildman–Crippen LogP) is 0.242. The van der Waals surface area contributed by atoms with Crippen LogP contribution in [0.15, 0.2) is 0 Å². The zero-order chi connectivity index (χ0) is 11.9. The van der Waals surface area contributed by atoms with Gasteiger partial charge in [0.25, 0.3) is 0 Å². The molecule has 16 heavy (non-hydrogen) atoms. The molecule has 0 radical (unpaired) electrons. The predicted molar refractivity (Wildman–Crippen MR) is 65.5 cm³/mol. The molecule has 96 valence electrons. The third-order valence-electron chi connectivity index (χ3n) is 3.63. The van der Waals surface area contributed by atoms with Crippen LogP contribution in [-0.4, -0.2) is 48.1 Å². The molecule has 1 fully saturated rings. The second kappa shape index (κ2) is 7.22. The van der Waals surface area contributed by atoms with E-state index in [1.54, 1.807) is 0 Å². The molecule has 1 aliphatic carbocycles. The molecule has 0 amide bonds. The highest BCUT2D eigenvalue weighted by atomic mass is 16.3. The Hall–Kier alpha value is -0.160. The van der Waals surface area contributed by atoms with E-state index in [2.05, 4.69) is 17.6 Å². The van der Waals surface area contributed by atoms with Crippen LogP contribution < -0.4 is 10.6 Å². The van der Waals surface area contributed by atoms with Crippen LogP contribution in [0.4, 0.5) is 0 Å². The van der Waals surface area contributed by atoms with Crippen LogP contribution in [0.5, 0.6) is 0 Å². The van der Waals surface area contributed by atoms with E-state index in [0.29, 0.717) is 0 Å². The van der Waals surface area contributed by atoms with Gasteiger partial charge < -0.3 is 20.8 Å². The molecule has 1 atom stereocenters. The van der Waals surface area contributed by atoms with Gasteiger partial charge in [0.05, 0.1) is 13.2 Å². The van der Waals surface area contributed by atoms with Crippen molar-refractivity contribution >= 4 is 0 Å². The highest BCUT2D eigenvalue weighted by molar-refractivity contribution is 4.92. The summed E-state index contributed by atoms with van der Waals surface area (Å²) in [6.45, 7) is 4.21. The van der Waals surface area contributed by atoms with Gasteiger partial charge in [0.2, 0.25) is 0 Å². The van der Waals surface area contributed by atoms with Crippen LogP contribution in [0.25, 0.3) is 0 Å². The summed E-state index contributed by atoms with van der Waals surface area (Å²) in [6.07, 6.45) is 5.55. The first-order valence-electron chi connectivity index (χ1n) is 6.46. The smallest absolute Gasteiger partial charge is 0.0613 e. The van der Waals surface area contributed by atoms with Crippen LogP contribution >= 0.6 is 0 Å². The van der Waals surface area contributed by atoms with Gasteiger partial charge in [0, 0.05) is 24.7 Å². The zero-order valence-electron chi connectivity index (χ0n) is 10.3. The standard InChI is InChI=1S/C12H26N2O2/c1-2-11(9-15)13-7-8-14-12(10-16)5-3-4-6-12/h11,13-16H,2-10H2,1H3/t11-/m0/s1. The van der Waals surface area contributed by atoms with Crippen molar-refractivity contribution in [1.82, 2.24) is 10.6 Å². The number of rotatable bonds is 8. The van der Waals surface area contributed by atoms with E-state index < -0.39 is 0 Å². The summed E-state index contributed by atoms with van der Waals surface area (Å²) in [5, 5.41) is 25.1. The lowest BCUT2D eigenvalue weighted by atomic mass is 9.99. The van der Waals surface area contributed by atoms with E-state index >= 15 is 0 Å². The minimum atomic E-state index is -0.0252. The number of nitrogens with one attached hydrogen (secondary N) is 2. The molecular formula is C12H26N2O2. The number of hydrogen-bond donors (Lipinski definition) is 4. The van der Waals surface area contributed by atoms with Crippen LogP contribution in [0.1, 0.15) is 39.0 Å². The molecule has 0 spiro atoms. The van der Waals surface area contributed by atoms with E-state index in [1.807, 2.05) is 0 Å². The maximum Gasteiger partial charge on any atom is 0.0613 e. The number of aliphatic hydroxyl groups excluding tert-OH is 2. The second-order valence-electron chi connectivity index (χ2n) is 4.81. The van der Waals surface area contributed by atoms with Crippen LogP contribution in [-0.2, 0) is 0 Å². The summed E-state index contributed by atoms with van der Waals surface area (Å²) in [4.78, 5) is 0. The summed E-state index contributed by atoms with van der Waals surface area (Å²) < 4.78 is 0. The minimum absolute atomic E-state index is 0.0252. The Kier molecular flexibility index (Phi) is 6.28. The molecule has 0 aromatic carbocycles. The fourth-order valence-corrected chi connectivity index (χ4v) is 2.38. The lowest BCUT2D eigenvalue weighted by Gasteiger charge is -2.28. The van der Waals surface area contributed by atoms with E-state index in [9.17, 15) is 5.11 Å². The number of hydrogen-bond acceptors (Lipinski definition) is 4. The van der Waals surface area contributed by atoms with Gasteiger partial charge in [-0.3, -0.25) is 0 Å². The lowest BCUT2D eigenvalue weighted by molar-refractivity contribution is 0.163. The van der Waals surface area contributed by atoms with E-state index in [1.165, 1.54) is 12.8 Å². The molecule has 1 rings (SSSR count). The summed E-state index contributed by atoms with van der Waals surface area (Å²) in [6, 6.07) is 0.204. The Bertz CT molecular complexity index is 178. The van der Waals surface area contributed by atoms with Gasteiger partial charge >= 0.3 is 0 Å². The maximum atomic E-state index is 9.39. The van der Waals surface area contributed by atoms with Gasteiger partial charge in [-0.25, -0.2) is 0 Å². The van der Waals surface area contributed by atoms with Crippen molar-refractivity contribution in [1.29, 1.82) is 0 Å². The highest BCUT2D eigenvalue weighted by Gasteiger charge is 2.31. The first-order chi connectivity index (χ1) is 7.76. The largest absolute Gasteiger partial charge is 0.395 e. The maximum absolute atomic E-state index is 9.39. The molecule has 4 nitrogen and oxygen atoms in total. The lowest BCUT2D eigenvalue weighted by Crippen LogP contribution is -2.49. The molecule has 0 aliphatic heterocycles. The van der Waals surface area contributed by atoms with Gasteiger partial charge in [0.15, 0.2) is 0 Å². The molecule has 1 aliphatic rings. The molecule has 0 bridgehead atoms. The third-order valence-corrected chi connectivity index (χ3v) is 3.63.